The first-order valence-electron chi connectivity index (χ1n) is 20.0. The molecule has 4 heterocycles. The van der Waals surface area contributed by atoms with Crippen LogP contribution in [0.15, 0.2) is 71.5 Å². The lowest BCUT2D eigenvalue weighted by Crippen LogP contribution is -2.38. The molecule has 3 atom stereocenters. The third-order valence-corrected chi connectivity index (χ3v) is 12.2. The van der Waals surface area contributed by atoms with Gasteiger partial charge in [-0.15, -0.1) is 0 Å². The Hall–Kier alpha value is -6.63. The number of carbonyl (C=O) groups is 1. The molecule has 7 aromatic rings. The smallest absolute Gasteiger partial charge is 0.344 e. The Morgan fingerprint density at radius 2 is 1.66 bits per heavy atom. The fourth-order valence-corrected chi connectivity index (χ4v) is 9.40. The van der Waals surface area contributed by atoms with Gasteiger partial charge in [-0.05, 0) is 66.4 Å². The highest BCUT2D eigenvalue weighted by Gasteiger charge is 2.67. The van der Waals surface area contributed by atoms with Crippen LogP contribution in [0.25, 0.3) is 38.8 Å². The van der Waals surface area contributed by atoms with E-state index in [4.69, 9.17) is 11.6 Å². The highest BCUT2D eigenvalue weighted by molar-refractivity contribution is 7.92. The quantitative estimate of drug-likeness (QED) is 0.108. The number of amides is 1. The molecule has 0 aliphatic heterocycles. The molecule has 356 valence electrons. The molecule has 2 aliphatic carbocycles. The zero-order valence-electron chi connectivity index (χ0n) is 34.3. The maximum Gasteiger partial charge on any atom is 0.408 e. The number of pyridine rings is 1. The van der Waals surface area contributed by atoms with Crippen LogP contribution >= 0.6 is 11.6 Å². The summed E-state index contributed by atoms with van der Waals surface area (Å²) in [5.41, 5.74) is -5.68. The Labute approximate surface area is 379 Å². The van der Waals surface area contributed by atoms with Crippen LogP contribution in [0.4, 0.5) is 54.1 Å². The average Bonchev–Trinajstić information content (AvgIpc) is 3.77. The number of fused-ring (bicyclic) bond motifs is 5. The minimum Gasteiger partial charge on any atom is -0.344 e. The molecule has 1 amide bonds. The third-order valence-electron chi connectivity index (χ3n) is 11.3. The number of aromatic nitrogens is 7. The lowest BCUT2D eigenvalue weighted by atomic mass is 10.0. The van der Waals surface area contributed by atoms with Crippen LogP contribution in [0.3, 0.4) is 0 Å². The summed E-state index contributed by atoms with van der Waals surface area (Å²) in [4.78, 5) is 37.8. The fourth-order valence-electron chi connectivity index (χ4n) is 8.66. The number of anilines is 1. The van der Waals surface area contributed by atoms with E-state index < -0.39 is 146 Å². The monoisotopic (exact) mass is 999 g/mol. The normalized spacial score (nSPS) is 17.0. The number of nitrogens with one attached hydrogen (secondary N) is 2. The van der Waals surface area contributed by atoms with Gasteiger partial charge < -0.3 is 5.32 Å². The summed E-state index contributed by atoms with van der Waals surface area (Å²) < 4.78 is 187. The van der Waals surface area contributed by atoms with E-state index in [1.165, 1.54) is 30.3 Å². The summed E-state index contributed by atoms with van der Waals surface area (Å²) in [5.74, 6) is -10.8. The second-order valence-corrected chi connectivity index (χ2v) is 18.3. The van der Waals surface area contributed by atoms with Crippen LogP contribution in [-0.2, 0) is 40.3 Å². The number of alkyl halides is 9. The largest absolute Gasteiger partial charge is 0.408 e. The first kappa shape index (κ1) is 46.5. The maximum atomic E-state index is 15.6. The number of benzene rings is 3. The predicted octanol–water partition coefficient (Wildman–Crippen LogP) is 9.04. The second kappa shape index (κ2) is 16.6. The van der Waals surface area contributed by atoms with E-state index in [0.29, 0.717) is 21.6 Å². The Morgan fingerprint density at radius 1 is 0.941 bits per heavy atom. The van der Waals surface area contributed by atoms with Gasteiger partial charge in [0, 0.05) is 29.5 Å². The standard InChI is InChI=1S/C42H29ClF11N9O4S/c1-68(66,67)60-38-32-24(43)7-8-29(34(32)62(59-38)16-41(50,51)52)63-39(57-27-12-18(5-6-21(27)40(63)65)25-3-2-4-26(55-25)36(46)47)28(11-17-9-19(44)13-20(45)10-17)56-30(64)15-61-35-31(33(58-61)37(48)49)22-14-23(22)42(35,53)54/h2-10,12-13,22-23,28,36-37H,11,14-16H2,1H3,(H,56,64)(H,59,60)/t22-,23+,28-/m0/s1. The van der Waals surface area contributed by atoms with Gasteiger partial charge in [-0.25, -0.2) is 44.7 Å². The lowest BCUT2D eigenvalue weighted by molar-refractivity contribution is -0.141. The van der Waals surface area contributed by atoms with Crippen molar-refractivity contribution in [3.63, 3.8) is 0 Å². The van der Waals surface area contributed by atoms with Gasteiger partial charge in [-0.3, -0.25) is 28.2 Å². The number of carbonyl (C=O) groups excluding carboxylic acids is 1. The molecule has 68 heavy (non-hydrogen) atoms. The zero-order chi connectivity index (χ0) is 48.9. The Bertz CT molecular complexity index is 3380. The summed E-state index contributed by atoms with van der Waals surface area (Å²) in [6.45, 7) is -3.08. The molecule has 1 saturated carbocycles. The number of rotatable bonds is 13. The number of hydrogen-bond acceptors (Lipinski definition) is 8. The van der Waals surface area contributed by atoms with Crippen molar-refractivity contribution < 1.29 is 61.5 Å². The SMILES string of the molecule is CS(=O)(=O)Nc1nn(CC(F)(F)F)c2c(-n3c([C@H](Cc4cc(F)cc(F)c4)NC(=O)Cn4nc(C(F)F)c5c4C(F)(F)[C@@H]4C[C@H]54)nc4cc(-c5cccc(C(F)F)n5)ccc4c3=O)ccc(Cl)c12. The molecule has 0 saturated heterocycles. The van der Waals surface area contributed by atoms with Crippen LogP contribution in [0.2, 0.25) is 5.02 Å². The topological polar surface area (TPSA) is 159 Å². The molecule has 4 aromatic heterocycles. The molecule has 0 spiro atoms. The van der Waals surface area contributed by atoms with Crippen molar-refractivity contribution in [3.8, 4) is 16.9 Å². The first-order chi connectivity index (χ1) is 31.9. The van der Waals surface area contributed by atoms with Gasteiger partial charge in [0.15, 0.2) is 5.82 Å². The van der Waals surface area contributed by atoms with E-state index in [1.54, 1.807) is 0 Å². The number of sulfonamides is 1. The molecule has 2 aliphatic rings. The number of nitrogens with zero attached hydrogens (tertiary/aromatic N) is 7. The van der Waals surface area contributed by atoms with Gasteiger partial charge in [0.25, 0.3) is 24.3 Å². The Balaban J connectivity index is 1.29. The molecule has 3 aromatic carbocycles. The summed E-state index contributed by atoms with van der Waals surface area (Å²) >= 11 is 6.49. The van der Waals surface area contributed by atoms with E-state index >= 15 is 13.6 Å². The van der Waals surface area contributed by atoms with Gasteiger partial charge in [-0.2, -0.15) is 32.1 Å². The van der Waals surface area contributed by atoms with E-state index in [9.17, 15) is 52.7 Å². The highest BCUT2D eigenvalue weighted by Crippen LogP contribution is 2.68. The van der Waals surface area contributed by atoms with Gasteiger partial charge in [0.1, 0.15) is 47.6 Å². The molecule has 26 heteroatoms. The number of hydrogen-bond donors (Lipinski definition) is 2. The zero-order valence-corrected chi connectivity index (χ0v) is 35.8. The van der Waals surface area contributed by atoms with Crippen molar-refractivity contribution in [1.29, 1.82) is 0 Å². The van der Waals surface area contributed by atoms with Crippen LogP contribution in [0, 0.1) is 17.6 Å². The minimum absolute atomic E-state index is 0.0388. The van der Waals surface area contributed by atoms with E-state index in [1.807, 2.05) is 4.72 Å². The van der Waals surface area contributed by atoms with Crippen LogP contribution in [0.5, 0.6) is 0 Å². The van der Waals surface area contributed by atoms with Crippen LogP contribution in [0.1, 0.15) is 65.3 Å². The minimum atomic E-state index is -5.06. The first-order valence-corrected chi connectivity index (χ1v) is 22.2. The molecule has 13 nitrogen and oxygen atoms in total. The molecule has 0 unspecified atom stereocenters. The van der Waals surface area contributed by atoms with Crippen molar-refractivity contribution in [2.24, 2.45) is 5.92 Å². The molecule has 0 bridgehead atoms. The molecule has 9 rings (SSSR count). The fraction of sp³-hybridized carbons (Fsp3) is 0.286. The summed E-state index contributed by atoms with van der Waals surface area (Å²) in [7, 11) is -4.28. The number of halogens is 12. The van der Waals surface area contributed by atoms with Crippen molar-refractivity contribution >= 4 is 55.2 Å². The van der Waals surface area contributed by atoms with E-state index in [2.05, 4.69) is 25.5 Å². The van der Waals surface area contributed by atoms with Crippen molar-refractivity contribution in [1.82, 2.24) is 39.4 Å². The molecular formula is C42H29ClF11N9O4S. The maximum absolute atomic E-state index is 15.6. The summed E-state index contributed by atoms with van der Waals surface area (Å²) in [5, 5.41) is 8.79. The summed E-state index contributed by atoms with van der Waals surface area (Å²) in [6.07, 6.45) is -11.5. The van der Waals surface area contributed by atoms with E-state index in [0.717, 1.165) is 30.3 Å². The van der Waals surface area contributed by atoms with Gasteiger partial charge >= 0.3 is 6.18 Å². The van der Waals surface area contributed by atoms with Crippen molar-refractivity contribution in [2.45, 2.75) is 62.8 Å². The predicted molar refractivity (Wildman–Crippen MR) is 221 cm³/mol. The average molecular weight is 1000 g/mol. The molecule has 0 radical (unpaired) electrons. The summed E-state index contributed by atoms with van der Waals surface area (Å²) in [6, 6.07) is 9.73. The van der Waals surface area contributed by atoms with E-state index in [-0.39, 0.29) is 43.8 Å². The third kappa shape index (κ3) is 8.60. The van der Waals surface area contributed by atoms with Gasteiger partial charge in [0.2, 0.25) is 15.9 Å². The molecule has 1 fully saturated rings. The van der Waals surface area contributed by atoms with Gasteiger partial charge in [0.05, 0.1) is 50.5 Å². The second-order valence-electron chi connectivity index (χ2n) is 16.2. The van der Waals surface area contributed by atoms with Crippen LogP contribution in [-0.4, -0.2) is 60.9 Å². The van der Waals surface area contributed by atoms with Crippen molar-refractivity contribution in [2.75, 3.05) is 11.0 Å². The van der Waals surface area contributed by atoms with Crippen molar-refractivity contribution in [3.05, 3.63) is 128 Å². The lowest BCUT2D eigenvalue weighted by Gasteiger charge is -2.24. The van der Waals surface area contributed by atoms with Crippen LogP contribution < -0.4 is 15.6 Å². The Morgan fingerprint density at radius 3 is 2.32 bits per heavy atom. The Kier molecular flexibility index (Phi) is 11.3. The molecule has 2 N–H and O–H groups in total. The molecular weight excluding hydrogens is 971 g/mol. The van der Waals surface area contributed by atoms with Gasteiger partial charge in [-0.1, -0.05) is 23.7 Å². The highest BCUT2D eigenvalue weighted by atomic mass is 35.5.